The van der Waals surface area contributed by atoms with Crippen LogP contribution in [-0.2, 0) is 0 Å². The first-order valence-electron chi connectivity index (χ1n) is 18.7. The maximum atomic E-state index is 10.6. The second-order valence-electron chi connectivity index (χ2n) is 12.8. The fourth-order valence-corrected chi connectivity index (χ4v) is 5.33. The second-order valence-corrected chi connectivity index (χ2v) is 12.8. The Morgan fingerprint density at radius 1 is 0.556 bits per heavy atom. The zero-order valence-corrected chi connectivity index (χ0v) is 31.1. The molecule has 0 aliphatic heterocycles. The van der Waals surface area contributed by atoms with Gasteiger partial charge in [0.1, 0.15) is 28.7 Å². The van der Waals surface area contributed by atoms with Crippen molar-refractivity contribution in [3.8, 4) is 46.7 Å². The molecule has 7 nitrogen and oxygen atoms in total. The van der Waals surface area contributed by atoms with Gasteiger partial charge in [0.05, 0.1) is 13.2 Å². The van der Waals surface area contributed by atoms with E-state index in [-0.39, 0.29) is 11.5 Å². The minimum Gasteiger partial charge on any atom is -0.507 e. The summed E-state index contributed by atoms with van der Waals surface area (Å²) in [4.78, 5) is 13.5. The Morgan fingerprint density at radius 2 is 1.02 bits per heavy atom. The average Bonchev–Trinajstić information content (AvgIpc) is 3.20. The second kappa shape index (κ2) is 21.3. The fourth-order valence-electron chi connectivity index (χ4n) is 5.33. The van der Waals surface area contributed by atoms with Crippen molar-refractivity contribution in [3.63, 3.8) is 0 Å². The molecule has 0 radical (unpaired) electrons. The number of aromatic hydroxyl groups is 2. The number of pyridine rings is 1. The number of aromatic nitrogens is 1. The van der Waals surface area contributed by atoms with E-state index < -0.39 is 0 Å². The normalized spacial score (nSPS) is 10.9. The predicted octanol–water partition coefficient (Wildman–Crippen LogP) is 10.7. The van der Waals surface area contributed by atoms with Crippen molar-refractivity contribution in [2.75, 3.05) is 13.2 Å². The molecule has 1 heterocycles. The fraction of sp³-hybridized carbons (Fsp3) is 0.255. The van der Waals surface area contributed by atoms with E-state index in [0.717, 1.165) is 59.8 Å². The van der Waals surface area contributed by atoms with Crippen LogP contribution in [0.15, 0.2) is 113 Å². The standard InChI is InChI=1S/C47H47N3O4/c1-3-5-7-9-30-53-42-23-17-36(18-24-42)13-15-38-21-27-45(51)40(32-38)34-49-44-12-11-29-48-47(44)50-35-41-33-39(22-28-46(41)52)16-14-37-19-25-43(26-20-37)54-31-10-8-6-4-2/h11-12,17-29,32-35,51-52H,3-10,30-31H2,1-2H3/b49-34?,50-35+. The summed E-state index contributed by atoms with van der Waals surface area (Å²) >= 11 is 0. The lowest BCUT2D eigenvalue weighted by Crippen LogP contribution is -1.96. The number of hydrogen-bond donors (Lipinski definition) is 2. The molecule has 0 bridgehead atoms. The number of benzene rings is 4. The molecule has 0 amide bonds. The van der Waals surface area contributed by atoms with E-state index >= 15 is 0 Å². The van der Waals surface area contributed by atoms with E-state index in [0.29, 0.717) is 22.6 Å². The largest absolute Gasteiger partial charge is 0.507 e. The molecule has 1 aromatic heterocycles. The summed E-state index contributed by atoms with van der Waals surface area (Å²) in [5.74, 6) is 14.8. The molecule has 5 aromatic rings. The smallest absolute Gasteiger partial charge is 0.178 e. The number of phenolic OH excluding ortho intramolecular Hbond substituents is 2. The molecule has 274 valence electrons. The number of phenols is 2. The van der Waals surface area contributed by atoms with Gasteiger partial charge in [-0.25, -0.2) is 9.98 Å². The molecule has 0 spiro atoms. The summed E-state index contributed by atoms with van der Waals surface area (Å²) in [5.41, 5.74) is 4.65. The first-order valence-corrected chi connectivity index (χ1v) is 18.7. The summed E-state index contributed by atoms with van der Waals surface area (Å²) in [6.45, 7) is 5.83. The van der Waals surface area contributed by atoms with Gasteiger partial charge in [-0.05, 0) is 110 Å². The zero-order valence-electron chi connectivity index (χ0n) is 31.1. The molecule has 5 rings (SSSR count). The van der Waals surface area contributed by atoms with Gasteiger partial charge in [-0.1, -0.05) is 76.1 Å². The Bertz CT molecular complexity index is 1980. The number of hydrogen-bond acceptors (Lipinski definition) is 7. The molecule has 2 N–H and O–H groups in total. The monoisotopic (exact) mass is 717 g/mol. The van der Waals surface area contributed by atoms with Crippen molar-refractivity contribution in [2.24, 2.45) is 9.98 Å². The molecule has 7 heteroatoms. The molecule has 0 saturated carbocycles. The zero-order chi connectivity index (χ0) is 37.8. The number of unbranched alkanes of at least 4 members (excludes halogenated alkanes) is 6. The van der Waals surface area contributed by atoms with E-state index in [1.54, 1.807) is 60.9 Å². The molecule has 4 aromatic carbocycles. The van der Waals surface area contributed by atoms with E-state index in [9.17, 15) is 10.2 Å². The highest BCUT2D eigenvalue weighted by Gasteiger charge is 2.05. The van der Waals surface area contributed by atoms with Gasteiger partial charge < -0.3 is 19.7 Å². The van der Waals surface area contributed by atoms with Crippen LogP contribution in [0.2, 0.25) is 0 Å². The summed E-state index contributed by atoms with van der Waals surface area (Å²) in [6.07, 6.45) is 14.1. The minimum atomic E-state index is 0.0654. The lowest BCUT2D eigenvalue weighted by molar-refractivity contribution is 0.305. The lowest BCUT2D eigenvalue weighted by Gasteiger charge is -2.05. The third-order valence-corrected chi connectivity index (χ3v) is 8.43. The summed E-state index contributed by atoms with van der Waals surface area (Å²) in [7, 11) is 0. The predicted molar refractivity (Wildman–Crippen MR) is 219 cm³/mol. The van der Waals surface area contributed by atoms with Gasteiger partial charge in [0, 0.05) is 52.0 Å². The highest BCUT2D eigenvalue weighted by atomic mass is 16.5. The number of rotatable bonds is 16. The topological polar surface area (TPSA) is 96.5 Å². The van der Waals surface area contributed by atoms with Crippen LogP contribution in [-0.4, -0.2) is 40.8 Å². The van der Waals surface area contributed by atoms with Crippen molar-refractivity contribution >= 4 is 23.9 Å². The first kappa shape index (κ1) is 38.9. The van der Waals surface area contributed by atoms with Gasteiger partial charge >= 0.3 is 0 Å². The van der Waals surface area contributed by atoms with E-state index in [2.05, 4.69) is 52.5 Å². The summed E-state index contributed by atoms with van der Waals surface area (Å²) in [5, 5.41) is 21.1. The lowest BCUT2D eigenvalue weighted by atomic mass is 10.1. The first-order chi connectivity index (χ1) is 26.5. The van der Waals surface area contributed by atoms with Crippen molar-refractivity contribution in [1.82, 2.24) is 4.98 Å². The average molecular weight is 718 g/mol. The van der Waals surface area contributed by atoms with Crippen LogP contribution in [0.3, 0.4) is 0 Å². The molecule has 54 heavy (non-hydrogen) atoms. The molecule has 0 aliphatic carbocycles. The molecule has 0 atom stereocenters. The molecular formula is C47H47N3O4. The maximum Gasteiger partial charge on any atom is 0.178 e. The highest BCUT2D eigenvalue weighted by molar-refractivity contribution is 5.89. The minimum absolute atomic E-state index is 0.0654. The third kappa shape index (κ3) is 12.7. The van der Waals surface area contributed by atoms with Crippen molar-refractivity contribution in [3.05, 3.63) is 137 Å². The molecule has 0 fully saturated rings. The van der Waals surface area contributed by atoms with Crippen LogP contribution in [0, 0.1) is 23.7 Å². The summed E-state index contributed by atoms with van der Waals surface area (Å²) in [6, 6.07) is 29.3. The molecular weight excluding hydrogens is 671 g/mol. The number of ether oxygens (including phenoxy) is 2. The van der Waals surface area contributed by atoms with Crippen molar-refractivity contribution in [1.29, 1.82) is 0 Å². The van der Waals surface area contributed by atoms with Crippen LogP contribution in [0.25, 0.3) is 0 Å². The van der Waals surface area contributed by atoms with Gasteiger partial charge in [-0.3, -0.25) is 4.99 Å². The Hall–Kier alpha value is -6.31. The SMILES string of the molecule is CCCCCCOc1ccc(C#Cc2ccc(O)c(C=Nc3cccnc3/N=C/c3cc(C#Cc4ccc(OCCCCCC)cc4)ccc3O)c2)cc1. The number of aliphatic imine (C=N–C) groups is 2. The Labute approximate surface area is 319 Å². The van der Waals surface area contributed by atoms with Gasteiger partial charge in [-0.15, -0.1) is 0 Å². The van der Waals surface area contributed by atoms with E-state index in [4.69, 9.17) is 9.47 Å². The van der Waals surface area contributed by atoms with Crippen LogP contribution in [0.1, 0.15) is 98.6 Å². The van der Waals surface area contributed by atoms with Crippen LogP contribution in [0.4, 0.5) is 11.5 Å². The molecule has 0 unspecified atom stereocenters. The van der Waals surface area contributed by atoms with Crippen LogP contribution >= 0.6 is 0 Å². The molecule has 0 saturated heterocycles. The molecule has 0 aliphatic rings. The number of nitrogens with zero attached hydrogens (tertiary/aromatic N) is 3. The quantitative estimate of drug-likeness (QED) is 0.0602. The maximum absolute atomic E-state index is 10.6. The third-order valence-electron chi connectivity index (χ3n) is 8.43. The van der Waals surface area contributed by atoms with Gasteiger partial charge in [0.2, 0.25) is 0 Å². The van der Waals surface area contributed by atoms with Gasteiger partial charge in [0.15, 0.2) is 5.82 Å². The Kier molecular flexibility index (Phi) is 15.3. The Balaban J connectivity index is 1.22. The van der Waals surface area contributed by atoms with Gasteiger partial charge in [0.25, 0.3) is 0 Å². The van der Waals surface area contributed by atoms with Crippen LogP contribution in [0.5, 0.6) is 23.0 Å². The van der Waals surface area contributed by atoms with E-state index in [1.165, 1.54) is 44.7 Å². The summed E-state index contributed by atoms with van der Waals surface area (Å²) < 4.78 is 11.7. The van der Waals surface area contributed by atoms with Gasteiger partial charge in [-0.2, -0.15) is 0 Å². The van der Waals surface area contributed by atoms with Crippen LogP contribution < -0.4 is 9.47 Å². The van der Waals surface area contributed by atoms with Crippen molar-refractivity contribution in [2.45, 2.75) is 65.2 Å². The van der Waals surface area contributed by atoms with E-state index in [1.807, 2.05) is 48.5 Å². The Morgan fingerprint density at radius 3 is 1.52 bits per heavy atom. The highest BCUT2D eigenvalue weighted by Crippen LogP contribution is 2.27. The van der Waals surface area contributed by atoms with Crippen molar-refractivity contribution < 1.29 is 19.7 Å².